The zero-order valence-electron chi connectivity index (χ0n) is 10.2. The fourth-order valence-corrected chi connectivity index (χ4v) is 1.71. The highest BCUT2D eigenvalue weighted by Gasteiger charge is 2.12. The van der Waals surface area contributed by atoms with Crippen LogP contribution in [-0.2, 0) is 7.05 Å². The van der Waals surface area contributed by atoms with Crippen LogP contribution in [0, 0.1) is 6.92 Å². The van der Waals surface area contributed by atoms with Crippen LogP contribution in [0.25, 0.3) is 0 Å². The minimum absolute atomic E-state index is 0.233. The zero-order valence-corrected chi connectivity index (χ0v) is 10.2. The van der Waals surface area contributed by atoms with E-state index >= 15 is 0 Å². The van der Waals surface area contributed by atoms with Crippen molar-refractivity contribution in [1.82, 2.24) is 9.78 Å². The molecule has 0 saturated heterocycles. The molecule has 1 aromatic carbocycles. The number of rotatable bonds is 3. The summed E-state index contributed by atoms with van der Waals surface area (Å²) < 4.78 is 1.59. The molecule has 18 heavy (non-hydrogen) atoms. The van der Waals surface area contributed by atoms with Crippen LogP contribution >= 0.6 is 0 Å². The Morgan fingerprint density at radius 2 is 2.22 bits per heavy atom. The molecule has 0 atom stereocenters. The van der Waals surface area contributed by atoms with Gasteiger partial charge in [-0.1, -0.05) is 12.1 Å². The molecule has 2 aromatic rings. The molecule has 1 heterocycles. The Balaban J connectivity index is 2.21. The average Bonchev–Trinajstić information content (AvgIpc) is 2.69. The maximum Gasteiger partial charge on any atom is 0.259 e. The smallest absolute Gasteiger partial charge is 0.259 e. The van der Waals surface area contributed by atoms with Crippen LogP contribution < -0.4 is 5.32 Å². The first-order valence-electron chi connectivity index (χ1n) is 5.47. The van der Waals surface area contributed by atoms with E-state index in [0.717, 1.165) is 6.29 Å². The molecule has 0 spiro atoms. The molecule has 0 radical (unpaired) electrons. The lowest BCUT2D eigenvalue weighted by atomic mass is 10.2. The van der Waals surface area contributed by atoms with E-state index in [9.17, 15) is 9.59 Å². The van der Waals surface area contributed by atoms with Crippen molar-refractivity contribution in [2.24, 2.45) is 7.05 Å². The van der Waals surface area contributed by atoms with E-state index in [1.807, 2.05) is 0 Å². The quantitative estimate of drug-likeness (QED) is 0.836. The Hall–Kier alpha value is -2.43. The molecule has 5 nitrogen and oxygen atoms in total. The van der Waals surface area contributed by atoms with E-state index in [2.05, 4.69) is 10.4 Å². The number of aromatic nitrogens is 2. The molecule has 0 unspecified atom stereocenters. The molecular weight excluding hydrogens is 230 g/mol. The second-order valence-corrected chi connectivity index (χ2v) is 4.00. The molecule has 2 rings (SSSR count). The second-order valence-electron chi connectivity index (χ2n) is 4.00. The monoisotopic (exact) mass is 243 g/mol. The van der Waals surface area contributed by atoms with Crippen LogP contribution in [0.3, 0.4) is 0 Å². The summed E-state index contributed by atoms with van der Waals surface area (Å²) in [6.45, 7) is 1.77. The number of aldehydes is 1. The largest absolute Gasteiger partial charge is 0.322 e. The van der Waals surface area contributed by atoms with Crippen LogP contribution in [0.5, 0.6) is 0 Å². The van der Waals surface area contributed by atoms with Gasteiger partial charge in [0.2, 0.25) is 0 Å². The Morgan fingerprint density at radius 3 is 2.83 bits per heavy atom. The predicted octanol–water partition coefficient (Wildman–Crippen LogP) is 1.79. The van der Waals surface area contributed by atoms with Gasteiger partial charge in [-0.2, -0.15) is 5.10 Å². The molecule has 0 bridgehead atoms. The first kappa shape index (κ1) is 12.0. The van der Waals surface area contributed by atoms with Crippen LogP contribution in [0.1, 0.15) is 26.4 Å². The topological polar surface area (TPSA) is 64.0 Å². The number of nitrogens with zero attached hydrogens (tertiary/aromatic N) is 2. The van der Waals surface area contributed by atoms with E-state index in [0.29, 0.717) is 22.5 Å². The lowest BCUT2D eigenvalue weighted by molar-refractivity contribution is 0.102. The van der Waals surface area contributed by atoms with Gasteiger partial charge < -0.3 is 5.32 Å². The van der Waals surface area contributed by atoms with Gasteiger partial charge in [0, 0.05) is 24.5 Å². The number of benzene rings is 1. The van der Waals surface area contributed by atoms with Crippen molar-refractivity contribution in [3.8, 4) is 0 Å². The maximum atomic E-state index is 12.0. The van der Waals surface area contributed by atoms with Crippen molar-refractivity contribution in [1.29, 1.82) is 0 Å². The maximum absolute atomic E-state index is 12.0. The number of anilines is 1. The first-order valence-corrected chi connectivity index (χ1v) is 5.47. The third-order valence-corrected chi connectivity index (χ3v) is 2.54. The Morgan fingerprint density at radius 1 is 1.44 bits per heavy atom. The molecule has 0 aliphatic carbocycles. The molecule has 1 N–H and O–H groups in total. The summed E-state index contributed by atoms with van der Waals surface area (Å²) in [5, 5.41) is 6.84. The lowest BCUT2D eigenvalue weighted by Crippen LogP contribution is -2.12. The number of amides is 1. The van der Waals surface area contributed by atoms with Crippen LogP contribution in [-0.4, -0.2) is 22.0 Å². The van der Waals surface area contributed by atoms with Gasteiger partial charge in [0.15, 0.2) is 0 Å². The number of hydrogen-bond acceptors (Lipinski definition) is 3. The van der Waals surface area contributed by atoms with Crippen molar-refractivity contribution in [3.63, 3.8) is 0 Å². The number of hydrogen-bond donors (Lipinski definition) is 1. The van der Waals surface area contributed by atoms with E-state index in [1.165, 1.54) is 0 Å². The summed E-state index contributed by atoms with van der Waals surface area (Å²) in [5.41, 5.74) is 2.30. The molecule has 92 valence electrons. The molecule has 5 heteroatoms. The molecule has 1 amide bonds. The van der Waals surface area contributed by atoms with E-state index in [-0.39, 0.29) is 5.91 Å². The number of carbonyl (C=O) groups excluding carboxylic acids is 2. The van der Waals surface area contributed by atoms with Crippen molar-refractivity contribution < 1.29 is 9.59 Å². The van der Waals surface area contributed by atoms with Gasteiger partial charge in [0.25, 0.3) is 5.91 Å². The fraction of sp³-hybridized carbons (Fsp3) is 0.154. The van der Waals surface area contributed by atoms with Gasteiger partial charge in [0.1, 0.15) is 6.29 Å². The third-order valence-electron chi connectivity index (χ3n) is 2.54. The normalized spacial score (nSPS) is 10.1. The van der Waals surface area contributed by atoms with Gasteiger partial charge >= 0.3 is 0 Å². The van der Waals surface area contributed by atoms with Gasteiger partial charge in [-0.3, -0.25) is 14.3 Å². The van der Waals surface area contributed by atoms with Gasteiger partial charge in [-0.05, 0) is 19.1 Å². The van der Waals surface area contributed by atoms with Crippen LogP contribution in [0.2, 0.25) is 0 Å². The van der Waals surface area contributed by atoms with Gasteiger partial charge in [-0.25, -0.2) is 0 Å². The van der Waals surface area contributed by atoms with E-state index in [1.54, 1.807) is 49.1 Å². The van der Waals surface area contributed by atoms with Crippen LogP contribution in [0.15, 0.2) is 30.5 Å². The number of nitrogens with one attached hydrogen (secondary N) is 1. The molecule has 0 saturated carbocycles. The van der Waals surface area contributed by atoms with E-state index < -0.39 is 0 Å². The Bertz CT molecular complexity index is 602. The second kappa shape index (κ2) is 4.83. The Kier molecular flexibility index (Phi) is 3.23. The molecule has 1 aromatic heterocycles. The van der Waals surface area contributed by atoms with Crippen molar-refractivity contribution in [3.05, 3.63) is 47.3 Å². The Labute approximate surface area is 104 Å². The summed E-state index contributed by atoms with van der Waals surface area (Å²) in [7, 11) is 1.76. The van der Waals surface area contributed by atoms with Crippen molar-refractivity contribution in [2.45, 2.75) is 6.92 Å². The van der Waals surface area contributed by atoms with Crippen LogP contribution in [0.4, 0.5) is 5.69 Å². The highest BCUT2D eigenvalue weighted by Crippen LogP contribution is 2.12. The predicted molar refractivity (Wildman–Crippen MR) is 67.7 cm³/mol. The zero-order chi connectivity index (χ0) is 13.1. The average molecular weight is 243 g/mol. The first-order chi connectivity index (χ1) is 8.60. The van der Waals surface area contributed by atoms with E-state index in [4.69, 9.17) is 0 Å². The fourth-order valence-electron chi connectivity index (χ4n) is 1.71. The third kappa shape index (κ3) is 2.45. The molecule has 0 aliphatic heterocycles. The standard InChI is InChI=1S/C13H13N3O2/c1-9-12(7-16(2)15-9)13(18)14-11-5-3-4-10(6-11)8-17/h3-8H,1-2H3,(H,14,18). The number of carbonyl (C=O) groups is 2. The summed E-state index contributed by atoms with van der Waals surface area (Å²) in [6, 6.07) is 6.75. The summed E-state index contributed by atoms with van der Waals surface area (Å²) in [4.78, 5) is 22.6. The lowest BCUT2D eigenvalue weighted by Gasteiger charge is -2.04. The molecule has 0 fully saturated rings. The summed E-state index contributed by atoms with van der Waals surface area (Å²) >= 11 is 0. The SMILES string of the molecule is Cc1nn(C)cc1C(=O)Nc1cccc(C=O)c1. The minimum atomic E-state index is -0.233. The minimum Gasteiger partial charge on any atom is -0.322 e. The molecule has 0 aliphatic rings. The molecular formula is C13H13N3O2. The van der Waals surface area contributed by atoms with Crippen molar-refractivity contribution >= 4 is 17.9 Å². The van der Waals surface area contributed by atoms with Gasteiger partial charge in [0.05, 0.1) is 11.3 Å². The summed E-state index contributed by atoms with van der Waals surface area (Å²) in [5.74, 6) is -0.233. The van der Waals surface area contributed by atoms with Gasteiger partial charge in [-0.15, -0.1) is 0 Å². The number of aryl methyl sites for hydroxylation is 2. The van der Waals surface area contributed by atoms with Crippen molar-refractivity contribution in [2.75, 3.05) is 5.32 Å². The highest BCUT2D eigenvalue weighted by molar-refractivity contribution is 6.05. The highest BCUT2D eigenvalue weighted by atomic mass is 16.1. The summed E-state index contributed by atoms with van der Waals surface area (Å²) in [6.07, 6.45) is 2.40.